The van der Waals surface area contributed by atoms with Gasteiger partial charge in [0.05, 0.1) is 26.5 Å². The topological polar surface area (TPSA) is 71.9 Å². The number of hydrogen-bond donors (Lipinski definition) is 1. The highest BCUT2D eigenvalue weighted by molar-refractivity contribution is 5.92. The number of rotatable bonds is 7. The zero-order chi connectivity index (χ0) is 21.6. The van der Waals surface area contributed by atoms with Gasteiger partial charge < -0.3 is 19.7 Å². The molecule has 162 valence electrons. The molecule has 1 aliphatic rings. The maximum absolute atomic E-state index is 12.5. The minimum atomic E-state index is -0.0282. The van der Waals surface area contributed by atoms with Gasteiger partial charge in [-0.1, -0.05) is 12.1 Å². The van der Waals surface area contributed by atoms with E-state index in [9.17, 15) is 4.79 Å². The summed E-state index contributed by atoms with van der Waals surface area (Å²) in [5, 5.41) is 2.94. The number of aromatic nitrogens is 2. The van der Waals surface area contributed by atoms with Crippen molar-refractivity contribution in [2.24, 2.45) is 0 Å². The molecule has 0 radical (unpaired) electrons. The molecule has 1 amide bonds. The Morgan fingerprint density at radius 1 is 1.00 bits per heavy atom. The third-order valence-corrected chi connectivity index (χ3v) is 5.33. The quantitative estimate of drug-likeness (QED) is 0.632. The van der Waals surface area contributed by atoms with E-state index in [1.54, 1.807) is 14.2 Å². The molecule has 1 fully saturated rings. The highest BCUT2D eigenvalue weighted by atomic mass is 16.5. The van der Waals surface area contributed by atoms with Crippen molar-refractivity contribution in [2.45, 2.75) is 0 Å². The number of nitrogens with zero attached hydrogens (tertiary/aromatic N) is 4. The van der Waals surface area contributed by atoms with Crippen LogP contribution in [0.25, 0.3) is 5.69 Å². The molecule has 2 aromatic carbocycles. The molecule has 0 unspecified atom stereocenters. The third kappa shape index (κ3) is 4.97. The maximum atomic E-state index is 12.5. The number of methoxy groups -OCH3 is 2. The summed E-state index contributed by atoms with van der Waals surface area (Å²) in [6.07, 6.45) is 3.76. The molecule has 3 aromatic rings. The van der Waals surface area contributed by atoms with E-state index in [1.165, 1.54) is 0 Å². The SMILES string of the molecule is COc1cccc(NC(=O)CN2CCN(c3nccn3-c3cccc(OC)c3)CC2)c1. The zero-order valence-corrected chi connectivity index (χ0v) is 17.8. The van der Waals surface area contributed by atoms with Crippen LogP contribution >= 0.6 is 0 Å². The van der Waals surface area contributed by atoms with Crippen molar-refractivity contribution >= 4 is 17.5 Å². The summed E-state index contributed by atoms with van der Waals surface area (Å²) in [6, 6.07) is 15.3. The Hall–Kier alpha value is -3.52. The molecule has 4 rings (SSSR count). The average Bonchev–Trinajstić information content (AvgIpc) is 3.29. The Bertz CT molecular complexity index is 1030. The number of hydrogen-bond acceptors (Lipinski definition) is 6. The zero-order valence-electron chi connectivity index (χ0n) is 17.8. The van der Waals surface area contributed by atoms with Crippen LogP contribution in [0.4, 0.5) is 11.6 Å². The first-order valence-corrected chi connectivity index (χ1v) is 10.3. The lowest BCUT2D eigenvalue weighted by Gasteiger charge is -2.35. The number of benzene rings is 2. The fourth-order valence-corrected chi connectivity index (χ4v) is 3.70. The number of imidazole rings is 1. The van der Waals surface area contributed by atoms with E-state index < -0.39 is 0 Å². The van der Waals surface area contributed by atoms with Gasteiger partial charge in [0.15, 0.2) is 0 Å². The van der Waals surface area contributed by atoms with Crippen LogP contribution in [0.1, 0.15) is 0 Å². The Morgan fingerprint density at radius 3 is 2.45 bits per heavy atom. The molecule has 31 heavy (non-hydrogen) atoms. The van der Waals surface area contributed by atoms with Crippen molar-refractivity contribution in [3.05, 3.63) is 60.9 Å². The van der Waals surface area contributed by atoms with Gasteiger partial charge in [0.25, 0.3) is 0 Å². The van der Waals surface area contributed by atoms with Crippen molar-refractivity contribution in [3.63, 3.8) is 0 Å². The summed E-state index contributed by atoms with van der Waals surface area (Å²) in [7, 11) is 3.28. The smallest absolute Gasteiger partial charge is 0.238 e. The van der Waals surface area contributed by atoms with Crippen molar-refractivity contribution in [2.75, 3.05) is 57.2 Å². The van der Waals surface area contributed by atoms with Crippen LogP contribution in [-0.4, -0.2) is 67.3 Å². The molecule has 8 nitrogen and oxygen atoms in total. The number of carbonyl (C=O) groups excluding carboxylic acids is 1. The van der Waals surface area contributed by atoms with Gasteiger partial charge in [0, 0.05) is 56.4 Å². The second-order valence-corrected chi connectivity index (χ2v) is 7.34. The molecule has 0 atom stereocenters. The van der Waals surface area contributed by atoms with Crippen LogP contribution < -0.4 is 19.7 Å². The van der Waals surface area contributed by atoms with Gasteiger partial charge in [0.2, 0.25) is 11.9 Å². The van der Waals surface area contributed by atoms with Crippen LogP contribution in [0, 0.1) is 0 Å². The summed E-state index contributed by atoms with van der Waals surface area (Å²) in [6.45, 7) is 3.53. The number of piperazine rings is 1. The van der Waals surface area contributed by atoms with Crippen LogP contribution in [0.2, 0.25) is 0 Å². The first kappa shape index (κ1) is 20.7. The number of carbonyl (C=O) groups is 1. The van der Waals surface area contributed by atoms with Crippen LogP contribution in [0.3, 0.4) is 0 Å². The molecule has 1 saturated heterocycles. The first-order valence-electron chi connectivity index (χ1n) is 10.3. The molecule has 1 aromatic heterocycles. The standard InChI is InChI=1S/C23H27N5O3/c1-30-20-7-3-5-18(15-20)25-22(29)17-26-11-13-27(14-12-26)23-24-9-10-28(23)19-6-4-8-21(16-19)31-2/h3-10,15-16H,11-14,17H2,1-2H3,(H,25,29). The van der Waals surface area contributed by atoms with E-state index in [4.69, 9.17) is 9.47 Å². The number of anilines is 2. The molecule has 8 heteroatoms. The van der Waals surface area contributed by atoms with E-state index in [0.717, 1.165) is 55.0 Å². The second kappa shape index (κ2) is 9.53. The minimum absolute atomic E-state index is 0.0282. The fraction of sp³-hybridized carbons (Fsp3) is 0.304. The molecule has 2 heterocycles. The molecule has 0 bridgehead atoms. The first-order chi connectivity index (χ1) is 15.2. The van der Waals surface area contributed by atoms with Crippen molar-refractivity contribution in [3.8, 4) is 17.2 Å². The number of nitrogens with one attached hydrogen (secondary N) is 1. The Kier molecular flexibility index (Phi) is 6.37. The van der Waals surface area contributed by atoms with E-state index in [1.807, 2.05) is 60.9 Å². The van der Waals surface area contributed by atoms with E-state index in [-0.39, 0.29) is 5.91 Å². The molecule has 0 aliphatic carbocycles. The summed E-state index contributed by atoms with van der Waals surface area (Å²) in [5.41, 5.74) is 1.75. The third-order valence-electron chi connectivity index (χ3n) is 5.33. The van der Waals surface area contributed by atoms with Gasteiger partial charge in [-0.3, -0.25) is 14.3 Å². The monoisotopic (exact) mass is 421 g/mol. The van der Waals surface area contributed by atoms with Crippen LogP contribution in [0.15, 0.2) is 60.9 Å². The lowest BCUT2D eigenvalue weighted by molar-refractivity contribution is -0.117. The van der Waals surface area contributed by atoms with Crippen LogP contribution in [0.5, 0.6) is 11.5 Å². The number of ether oxygens (including phenoxy) is 2. The number of amides is 1. The van der Waals surface area contributed by atoms with Crippen molar-refractivity contribution in [1.82, 2.24) is 14.5 Å². The molecular formula is C23H27N5O3. The lowest BCUT2D eigenvalue weighted by atomic mass is 10.3. The summed E-state index contributed by atoms with van der Waals surface area (Å²) in [5.74, 6) is 2.40. The highest BCUT2D eigenvalue weighted by Crippen LogP contribution is 2.23. The predicted octanol–water partition coefficient (Wildman–Crippen LogP) is 2.65. The van der Waals surface area contributed by atoms with Gasteiger partial charge in [-0.2, -0.15) is 0 Å². The van der Waals surface area contributed by atoms with Crippen molar-refractivity contribution in [1.29, 1.82) is 0 Å². The minimum Gasteiger partial charge on any atom is -0.497 e. The van der Waals surface area contributed by atoms with Gasteiger partial charge in [-0.25, -0.2) is 4.98 Å². The van der Waals surface area contributed by atoms with Crippen LogP contribution in [-0.2, 0) is 4.79 Å². The molecule has 0 spiro atoms. The van der Waals surface area contributed by atoms with E-state index in [0.29, 0.717) is 6.54 Å². The summed E-state index contributed by atoms with van der Waals surface area (Å²) in [4.78, 5) is 21.4. The molecule has 1 aliphatic heterocycles. The summed E-state index contributed by atoms with van der Waals surface area (Å²) >= 11 is 0. The van der Waals surface area contributed by atoms with E-state index >= 15 is 0 Å². The molecule has 1 N–H and O–H groups in total. The largest absolute Gasteiger partial charge is 0.497 e. The van der Waals surface area contributed by atoms with E-state index in [2.05, 4.69) is 24.7 Å². The maximum Gasteiger partial charge on any atom is 0.238 e. The Balaban J connectivity index is 1.34. The second-order valence-electron chi connectivity index (χ2n) is 7.34. The molecular weight excluding hydrogens is 394 g/mol. The van der Waals surface area contributed by atoms with Gasteiger partial charge in [-0.15, -0.1) is 0 Å². The van der Waals surface area contributed by atoms with Gasteiger partial charge in [-0.05, 0) is 24.3 Å². The predicted molar refractivity (Wildman–Crippen MR) is 120 cm³/mol. The van der Waals surface area contributed by atoms with Gasteiger partial charge in [0.1, 0.15) is 11.5 Å². The fourth-order valence-electron chi connectivity index (χ4n) is 3.70. The Morgan fingerprint density at radius 2 is 1.71 bits per heavy atom. The van der Waals surface area contributed by atoms with Gasteiger partial charge >= 0.3 is 0 Å². The molecule has 0 saturated carbocycles. The average molecular weight is 422 g/mol. The lowest BCUT2D eigenvalue weighted by Crippen LogP contribution is -2.49. The normalized spacial score (nSPS) is 14.3. The van der Waals surface area contributed by atoms with Crippen molar-refractivity contribution < 1.29 is 14.3 Å². The highest BCUT2D eigenvalue weighted by Gasteiger charge is 2.22. The Labute approximate surface area is 182 Å². The summed E-state index contributed by atoms with van der Waals surface area (Å²) < 4.78 is 12.6.